The molecule has 1 aliphatic rings. The average Bonchev–Trinajstić information content (AvgIpc) is 3.20. The summed E-state index contributed by atoms with van der Waals surface area (Å²) in [6.45, 7) is 0. The highest BCUT2D eigenvalue weighted by Gasteiger charge is 2.16. The molecule has 0 fully saturated rings. The van der Waals surface area contributed by atoms with Crippen molar-refractivity contribution in [2.24, 2.45) is 0 Å². The maximum Gasteiger partial charge on any atom is 0.175 e. The molecule has 2 aromatic heterocycles. The van der Waals surface area contributed by atoms with E-state index >= 15 is 0 Å². The third kappa shape index (κ3) is 2.33. The van der Waals surface area contributed by atoms with E-state index in [9.17, 15) is 0 Å². The van der Waals surface area contributed by atoms with E-state index in [-0.39, 0.29) is 0 Å². The Morgan fingerprint density at radius 2 is 1.88 bits per heavy atom. The van der Waals surface area contributed by atoms with Gasteiger partial charge in [0.05, 0.1) is 11.8 Å². The highest BCUT2D eigenvalue weighted by atomic mass is 16.5. The molecule has 1 N–H and O–H groups in total. The summed E-state index contributed by atoms with van der Waals surface area (Å²) in [5.41, 5.74) is 3.15. The van der Waals surface area contributed by atoms with Crippen LogP contribution in [-0.4, -0.2) is 19.7 Å². The van der Waals surface area contributed by atoms with Crippen LogP contribution in [0.25, 0.3) is 40.6 Å². The molecule has 5 heteroatoms. The van der Waals surface area contributed by atoms with E-state index in [0.717, 1.165) is 28.2 Å². The summed E-state index contributed by atoms with van der Waals surface area (Å²) in [7, 11) is 0. The topological polar surface area (TPSA) is 55.7 Å². The van der Waals surface area contributed by atoms with Gasteiger partial charge in [0.2, 0.25) is 0 Å². The molecule has 0 bridgehead atoms. The Bertz CT molecular complexity index is 1130. The molecule has 1 aliphatic heterocycles. The number of H-pyrrole nitrogens is 1. The number of benzene rings is 2. The van der Waals surface area contributed by atoms with Crippen molar-refractivity contribution in [1.82, 2.24) is 19.7 Å². The van der Waals surface area contributed by atoms with E-state index in [1.54, 1.807) is 17.1 Å². The molecule has 0 aliphatic carbocycles. The zero-order valence-electron chi connectivity index (χ0n) is 13.3. The standard InChI is InChI=1S/C20H14N4O/c1-3-7-17-15(5-1)14(13-21-17)9-10-19-22-20-16-6-2-4-8-18(16)25-12-11-24(20)23-19/h1-13,21H/b10-9+. The van der Waals surface area contributed by atoms with Gasteiger partial charge < -0.3 is 9.72 Å². The highest BCUT2D eigenvalue weighted by Crippen LogP contribution is 2.31. The van der Waals surface area contributed by atoms with Crippen LogP contribution in [0.2, 0.25) is 0 Å². The summed E-state index contributed by atoms with van der Waals surface area (Å²) in [6, 6.07) is 16.0. The van der Waals surface area contributed by atoms with Crippen LogP contribution in [0.4, 0.5) is 0 Å². The van der Waals surface area contributed by atoms with Gasteiger partial charge >= 0.3 is 0 Å². The van der Waals surface area contributed by atoms with Gasteiger partial charge in [-0.3, -0.25) is 0 Å². The van der Waals surface area contributed by atoms with Crippen molar-refractivity contribution in [1.29, 1.82) is 0 Å². The molecule has 5 nitrogen and oxygen atoms in total. The van der Waals surface area contributed by atoms with Crippen LogP contribution in [0.1, 0.15) is 11.4 Å². The van der Waals surface area contributed by atoms with Crippen LogP contribution in [-0.2, 0) is 0 Å². The number of para-hydroxylation sites is 2. The van der Waals surface area contributed by atoms with Crippen molar-refractivity contribution >= 4 is 29.3 Å². The lowest BCUT2D eigenvalue weighted by atomic mass is 10.1. The average molecular weight is 326 g/mol. The van der Waals surface area contributed by atoms with Crippen LogP contribution in [0.5, 0.6) is 5.75 Å². The molecule has 0 saturated heterocycles. The van der Waals surface area contributed by atoms with E-state index in [4.69, 9.17) is 4.74 Å². The van der Waals surface area contributed by atoms with Crippen LogP contribution >= 0.6 is 0 Å². The Kier molecular flexibility index (Phi) is 3.03. The van der Waals surface area contributed by atoms with Gasteiger partial charge in [0.25, 0.3) is 0 Å². The lowest BCUT2D eigenvalue weighted by molar-refractivity contribution is 0.487. The predicted octanol–water partition coefficient (Wildman–Crippen LogP) is 4.42. The molecule has 0 radical (unpaired) electrons. The molecule has 120 valence electrons. The molecular weight excluding hydrogens is 312 g/mol. The molecule has 5 rings (SSSR count). The van der Waals surface area contributed by atoms with Crippen LogP contribution < -0.4 is 4.74 Å². The molecule has 0 spiro atoms. The number of rotatable bonds is 2. The molecule has 4 aromatic rings. The third-order valence-corrected chi connectivity index (χ3v) is 4.21. The quantitative estimate of drug-likeness (QED) is 0.593. The fourth-order valence-electron chi connectivity index (χ4n) is 3.01. The number of hydrogen-bond donors (Lipinski definition) is 1. The number of nitrogens with one attached hydrogen (secondary N) is 1. The second-order valence-corrected chi connectivity index (χ2v) is 5.76. The van der Waals surface area contributed by atoms with Crippen LogP contribution in [0.15, 0.2) is 61.0 Å². The van der Waals surface area contributed by atoms with Gasteiger partial charge in [0.1, 0.15) is 12.0 Å². The Morgan fingerprint density at radius 1 is 1.00 bits per heavy atom. The minimum atomic E-state index is 0.654. The van der Waals surface area contributed by atoms with Crippen molar-refractivity contribution in [3.8, 4) is 17.1 Å². The Hall–Kier alpha value is -3.60. The normalized spacial score (nSPS) is 12.8. The predicted molar refractivity (Wildman–Crippen MR) is 98.6 cm³/mol. The second-order valence-electron chi connectivity index (χ2n) is 5.76. The molecule has 25 heavy (non-hydrogen) atoms. The van der Waals surface area contributed by atoms with E-state index in [0.29, 0.717) is 5.82 Å². The number of ether oxygens (including phenoxy) is 1. The van der Waals surface area contributed by atoms with Crippen molar-refractivity contribution in [3.05, 3.63) is 72.4 Å². The number of aromatic amines is 1. The van der Waals surface area contributed by atoms with Gasteiger partial charge in [-0.15, -0.1) is 5.10 Å². The number of hydrogen-bond acceptors (Lipinski definition) is 3. The van der Waals surface area contributed by atoms with Crippen molar-refractivity contribution in [2.75, 3.05) is 0 Å². The Balaban J connectivity index is 1.55. The van der Waals surface area contributed by atoms with Gasteiger partial charge in [0.15, 0.2) is 11.6 Å². The first-order chi connectivity index (χ1) is 12.4. The highest BCUT2D eigenvalue weighted by molar-refractivity contribution is 5.91. The molecule has 0 amide bonds. The first kappa shape index (κ1) is 13.8. The minimum absolute atomic E-state index is 0.654. The molecule has 0 unspecified atom stereocenters. The summed E-state index contributed by atoms with van der Waals surface area (Å²) >= 11 is 0. The van der Waals surface area contributed by atoms with Crippen LogP contribution in [0, 0.1) is 0 Å². The Labute approximate surface area is 143 Å². The fraction of sp³-hybridized carbons (Fsp3) is 0. The van der Waals surface area contributed by atoms with Crippen LogP contribution in [0.3, 0.4) is 0 Å². The van der Waals surface area contributed by atoms with Crippen molar-refractivity contribution in [2.45, 2.75) is 0 Å². The summed E-state index contributed by atoms with van der Waals surface area (Å²) in [5.74, 6) is 2.20. The number of aromatic nitrogens is 4. The summed E-state index contributed by atoms with van der Waals surface area (Å²) in [6.07, 6.45) is 9.34. The maximum absolute atomic E-state index is 5.59. The van der Waals surface area contributed by atoms with Gasteiger partial charge in [-0.2, -0.15) is 0 Å². The fourth-order valence-corrected chi connectivity index (χ4v) is 3.01. The summed E-state index contributed by atoms with van der Waals surface area (Å²) < 4.78 is 7.33. The van der Waals surface area contributed by atoms with Crippen molar-refractivity contribution in [3.63, 3.8) is 0 Å². The molecule has 0 saturated carbocycles. The first-order valence-corrected chi connectivity index (χ1v) is 8.02. The largest absolute Gasteiger partial charge is 0.463 e. The smallest absolute Gasteiger partial charge is 0.175 e. The zero-order valence-corrected chi connectivity index (χ0v) is 13.3. The molecule has 2 aromatic carbocycles. The van der Waals surface area contributed by atoms with Crippen molar-refractivity contribution < 1.29 is 4.74 Å². The maximum atomic E-state index is 5.59. The molecular formula is C20H14N4O. The van der Waals surface area contributed by atoms with Gasteiger partial charge in [-0.05, 0) is 35.9 Å². The first-order valence-electron chi connectivity index (χ1n) is 8.02. The monoisotopic (exact) mass is 326 g/mol. The third-order valence-electron chi connectivity index (χ3n) is 4.21. The van der Waals surface area contributed by atoms with E-state index < -0.39 is 0 Å². The van der Waals surface area contributed by atoms with E-state index in [2.05, 4.69) is 27.2 Å². The van der Waals surface area contributed by atoms with Gasteiger partial charge in [-0.25, -0.2) is 9.67 Å². The van der Waals surface area contributed by atoms with E-state index in [1.165, 1.54) is 5.39 Å². The molecule has 0 atom stereocenters. The zero-order chi connectivity index (χ0) is 16.6. The van der Waals surface area contributed by atoms with Gasteiger partial charge in [0, 0.05) is 17.1 Å². The SMILES string of the molecule is C1=Cn2nc(/C=C/c3c[nH]c4ccccc34)nc2-c2ccccc2O1. The van der Waals surface area contributed by atoms with Gasteiger partial charge in [-0.1, -0.05) is 30.3 Å². The Morgan fingerprint density at radius 3 is 2.88 bits per heavy atom. The summed E-state index contributed by atoms with van der Waals surface area (Å²) in [4.78, 5) is 7.92. The summed E-state index contributed by atoms with van der Waals surface area (Å²) in [5, 5.41) is 5.71. The number of fused-ring (bicyclic) bond motifs is 4. The molecule has 3 heterocycles. The minimum Gasteiger partial charge on any atom is -0.463 e. The van der Waals surface area contributed by atoms with E-state index in [1.807, 2.05) is 54.7 Å². The second kappa shape index (κ2) is 5.49. The number of nitrogens with zero attached hydrogens (tertiary/aromatic N) is 3. The lowest BCUT2D eigenvalue weighted by Crippen LogP contribution is -1.91. The lowest BCUT2D eigenvalue weighted by Gasteiger charge is -2.02.